The zero-order chi connectivity index (χ0) is 17.5. The Hall–Kier alpha value is -1.08. The van der Waals surface area contributed by atoms with Crippen LogP contribution in [-0.4, -0.2) is 12.7 Å². The molecule has 1 heteroatoms. The second-order valence-corrected chi connectivity index (χ2v) is 8.17. The summed E-state index contributed by atoms with van der Waals surface area (Å²) >= 11 is 0. The van der Waals surface area contributed by atoms with Crippen molar-refractivity contribution in [2.45, 2.75) is 83.7 Å². The van der Waals surface area contributed by atoms with E-state index in [2.05, 4.69) is 50.3 Å². The first kappa shape index (κ1) is 18.7. The summed E-state index contributed by atoms with van der Waals surface area (Å²) in [4.78, 5) is 0. The molecule has 2 atom stereocenters. The van der Waals surface area contributed by atoms with Crippen LogP contribution < -0.4 is 0 Å². The van der Waals surface area contributed by atoms with Crippen molar-refractivity contribution in [3.63, 3.8) is 0 Å². The van der Waals surface area contributed by atoms with Crippen molar-refractivity contribution in [2.75, 3.05) is 6.61 Å². The molecule has 1 aromatic carbocycles. The van der Waals surface area contributed by atoms with Gasteiger partial charge in [0.2, 0.25) is 0 Å². The van der Waals surface area contributed by atoms with Gasteiger partial charge in [-0.2, -0.15) is 0 Å². The molecule has 1 aromatic rings. The first-order valence-corrected chi connectivity index (χ1v) is 10.7. The highest BCUT2D eigenvalue weighted by atomic mass is 16.5. The molecule has 2 unspecified atom stereocenters. The van der Waals surface area contributed by atoms with E-state index in [1.165, 1.54) is 56.9 Å². The minimum absolute atomic E-state index is 0.532. The number of hydrogen-bond acceptors (Lipinski definition) is 1. The summed E-state index contributed by atoms with van der Waals surface area (Å²) in [6, 6.07) is 9.36. The maximum absolute atomic E-state index is 6.01. The number of rotatable bonds is 6. The van der Waals surface area contributed by atoms with E-state index in [1.807, 2.05) is 0 Å². The topological polar surface area (TPSA) is 9.23 Å². The predicted octanol–water partition coefficient (Wildman–Crippen LogP) is 6.67. The fraction of sp³-hybridized carbons (Fsp3) is 0.667. The molecule has 3 rings (SSSR count). The Morgan fingerprint density at radius 2 is 1.56 bits per heavy atom. The molecular weight excluding hydrogens is 304 g/mol. The second-order valence-electron chi connectivity index (χ2n) is 8.17. The van der Waals surface area contributed by atoms with Crippen molar-refractivity contribution < 1.29 is 4.74 Å². The van der Waals surface area contributed by atoms with Crippen LogP contribution in [0.15, 0.2) is 36.4 Å². The molecule has 1 aliphatic heterocycles. The summed E-state index contributed by atoms with van der Waals surface area (Å²) in [6.07, 6.45) is 17.1. The van der Waals surface area contributed by atoms with E-state index >= 15 is 0 Å². The first-order valence-electron chi connectivity index (χ1n) is 10.7. The minimum Gasteiger partial charge on any atom is -0.378 e. The lowest BCUT2D eigenvalue weighted by molar-refractivity contribution is -0.00852. The van der Waals surface area contributed by atoms with Crippen LogP contribution in [0.3, 0.4) is 0 Å². The van der Waals surface area contributed by atoms with Crippen molar-refractivity contribution >= 4 is 0 Å². The lowest BCUT2D eigenvalue weighted by atomic mass is 9.78. The van der Waals surface area contributed by atoms with Crippen molar-refractivity contribution in [1.82, 2.24) is 0 Å². The highest BCUT2D eigenvalue weighted by Crippen LogP contribution is 2.36. The molecule has 1 saturated carbocycles. The van der Waals surface area contributed by atoms with E-state index in [-0.39, 0.29) is 0 Å². The van der Waals surface area contributed by atoms with Crippen LogP contribution in [0.25, 0.3) is 0 Å². The number of allylic oxidation sites excluding steroid dienone is 1. The highest BCUT2D eigenvalue weighted by molar-refractivity contribution is 5.25. The highest BCUT2D eigenvalue weighted by Gasteiger charge is 2.22. The SMILES string of the molecule is CCCC1CCC(/C=C/C2CCC(c3ccc(CC)cc3)CC2)CO1. The van der Waals surface area contributed by atoms with Gasteiger partial charge in [0.1, 0.15) is 0 Å². The van der Waals surface area contributed by atoms with Gasteiger partial charge < -0.3 is 4.74 Å². The van der Waals surface area contributed by atoms with E-state index in [0.29, 0.717) is 12.0 Å². The summed E-state index contributed by atoms with van der Waals surface area (Å²) in [5.41, 5.74) is 3.01. The number of aryl methyl sites for hydroxylation is 1. The average molecular weight is 341 g/mol. The molecule has 2 fully saturated rings. The maximum Gasteiger partial charge on any atom is 0.0575 e. The van der Waals surface area contributed by atoms with Gasteiger partial charge in [0.25, 0.3) is 0 Å². The third kappa shape index (κ3) is 5.45. The zero-order valence-corrected chi connectivity index (χ0v) is 16.3. The Morgan fingerprint density at radius 3 is 2.16 bits per heavy atom. The van der Waals surface area contributed by atoms with Crippen LogP contribution in [0.4, 0.5) is 0 Å². The van der Waals surface area contributed by atoms with E-state index in [4.69, 9.17) is 4.74 Å². The van der Waals surface area contributed by atoms with Gasteiger partial charge in [-0.3, -0.25) is 0 Å². The van der Waals surface area contributed by atoms with Crippen LogP contribution >= 0.6 is 0 Å². The van der Waals surface area contributed by atoms with E-state index < -0.39 is 0 Å². The Kier molecular flexibility index (Phi) is 7.16. The normalized spacial score (nSPS) is 30.6. The van der Waals surface area contributed by atoms with Crippen molar-refractivity contribution in [3.05, 3.63) is 47.5 Å². The van der Waals surface area contributed by atoms with E-state index in [0.717, 1.165) is 24.9 Å². The lowest BCUT2D eigenvalue weighted by Crippen LogP contribution is -2.24. The molecule has 0 N–H and O–H groups in total. The summed E-state index contributed by atoms with van der Waals surface area (Å²) < 4.78 is 6.01. The quantitative estimate of drug-likeness (QED) is 0.525. The van der Waals surface area contributed by atoms with Gasteiger partial charge in [0.05, 0.1) is 12.7 Å². The summed E-state index contributed by atoms with van der Waals surface area (Å²) in [7, 11) is 0. The van der Waals surface area contributed by atoms with Crippen LogP contribution in [-0.2, 0) is 11.2 Å². The van der Waals surface area contributed by atoms with E-state index in [1.54, 1.807) is 5.56 Å². The Labute approximate surface area is 154 Å². The summed E-state index contributed by atoms with van der Waals surface area (Å²) in [5, 5.41) is 0. The summed E-state index contributed by atoms with van der Waals surface area (Å²) in [6.45, 7) is 5.43. The second kappa shape index (κ2) is 9.57. The van der Waals surface area contributed by atoms with Crippen molar-refractivity contribution in [2.24, 2.45) is 11.8 Å². The third-order valence-electron chi connectivity index (χ3n) is 6.30. The standard InChI is InChI=1S/C24H36O/c1-3-5-24-17-12-21(18-25-24)7-6-20-10-15-23(16-11-20)22-13-8-19(4-2)9-14-22/h6-9,13-14,20-21,23-24H,3-5,10-12,15-18H2,1-2H3/b7-6+. The molecular formula is C24H36O. The molecule has 0 bridgehead atoms. The molecule has 0 spiro atoms. The number of ether oxygens (including phenoxy) is 1. The molecule has 1 saturated heterocycles. The van der Waals surface area contributed by atoms with Gasteiger partial charge in [-0.15, -0.1) is 0 Å². The van der Waals surface area contributed by atoms with E-state index in [9.17, 15) is 0 Å². The van der Waals surface area contributed by atoms with Gasteiger partial charge in [0, 0.05) is 5.92 Å². The van der Waals surface area contributed by atoms with Crippen molar-refractivity contribution in [1.29, 1.82) is 0 Å². The first-order chi connectivity index (χ1) is 12.3. The number of hydrogen-bond donors (Lipinski definition) is 0. The molecule has 25 heavy (non-hydrogen) atoms. The maximum atomic E-state index is 6.01. The largest absolute Gasteiger partial charge is 0.378 e. The molecule has 138 valence electrons. The minimum atomic E-state index is 0.532. The number of benzene rings is 1. The molecule has 0 radical (unpaired) electrons. The van der Waals surface area contributed by atoms with Gasteiger partial charge in [-0.1, -0.05) is 56.7 Å². The monoisotopic (exact) mass is 340 g/mol. The molecule has 0 aromatic heterocycles. The van der Waals surface area contributed by atoms with Crippen molar-refractivity contribution in [3.8, 4) is 0 Å². The fourth-order valence-electron chi connectivity index (χ4n) is 4.51. The van der Waals surface area contributed by atoms with Crippen LogP contribution in [0.5, 0.6) is 0 Å². The van der Waals surface area contributed by atoms with Gasteiger partial charge in [-0.05, 0) is 74.3 Å². The Balaban J connectivity index is 1.41. The van der Waals surface area contributed by atoms with Gasteiger partial charge in [-0.25, -0.2) is 0 Å². The Morgan fingerprint density at radius 1 is 0.880 bits per heavy atom. The fourth-order valence-corrected chi connectivity index (χ4v) is 4.51. The molecule has 2 aliphatic rings. The summed E-state index contributed by atoms with van der Waals surface area (Å²) in [5.74, 6) is 2.23. The van der Waals surface area contributed by atoms with Crippen LogP contribution in [0, 0.1) is 11.8 Å². The van der Waals surface area contributed by atoms with Crippen LogP contribution in [0.2, 0.25) is 0 Å². The van der Waals surface area contributed by atoms with Crippen LogP contribution in [0.1, 0.15) is 82.3 Å². The van der Waals surface area contributed by atoms with Gasteiger partial charge in [0.15, 0.2) is 0 Å². The predicted molar refractivity (Wildman–Crippen MR) is 107 cm³/mol. The van der Waals surface area contributed by atoms with Gasteiger partial charge >= 0.3 is 0 Å². The zero-order valence-electron chi connectivity index (χ0n) is 16.3. The lowest BCUT2D eigenvalue weighted by Gasteiger charge is -2.29. The Bertz CT molecular complexity index is 514. The molecule has 1 nitrogen and oxygen atoms in total. The third-order valence-corrected chi connectivity index (χ3v) is 6.30. The average Bonchev–Trinajstić information content (AvgIpc) is 2.68. The molecule has 0 amide bonds. The smallest absolute Gasteiger partial charge is 0.0575 e. The molecule has 1 heterocycles. The molecule has 1 aliphatic carbocycles.